The molecule has 0 aromatic heterocycles. The Balaban J connectivity index is 1.45. The van der Waals surface area contributed by atoms with Crippen molar-refractivity contribution in [1.29, 1.82) is 0 Å². The van der Waals surface area contributed by atoms with Gasteiger partial charge in [-0.25, -0.2) is 0 Å². The fraction of sp³-hybridized carbons (Fsp3) is 0.0833. The van der Waals surface area contributed by atoms with E-state index in [1.807, 2.05) is 48.5 Å². The molecule has 2 amide bonds. The highest BCUT2D eigenvalue weighted by molar-refractivity contribution is 9.10. The maximum absolute atomic E-state index is 12.8. The van der Waals surface area contributed by atoms with Crippen LogP contribution >= 0.6 is 39.3 Å². The Morgan fingerprint density at radius 2 is 1.71 bits per heavy atom. The molecule has 0 bridgehead atoms. The lowest BCUT2D eigenvalue weighted by molar-refractivity contribution is -0.123. The predicted molar refractivity (Wildman–Crippen MR) is 128 cm³/mol. The average Bonchev–Trinajstić information content (AvgIpc) is 3.03. The normalized spacial score (nSPS) is 15.0. The summed E-state index contributed by atoms with van der Waals surface area (Å²) in [6, 6.07) is 22.6. The van der Waals surface area contributed by atoms with Crippen molar-refractivity contribution in [2.75, 3.05) is 0 Å². The number of nitrogens with zero attached hydrogens (tertiary/aromatic N) is 1. The van der Waals surface area contributed by atoms with Crippen molar-refractivity contribution in [2.24, 2.45) is 0 Å². The van der Waals surface area contributed by atoms with E-state index < -0.39 is 0 Å². The lowest BCUT2D eigenvalue weighted by Crippen LogP contribution is -2.27. The first-order valence-electron chi connectivity index (χ1n) is 9.46. The standard InChI is InChI=1S/C24H17BrClNO3S/c25-20-12-18(8-11-21(20)30-15-17-4-2-1-3-5-17)13-22-23(28)27(24(29)31-22)14-16-6-9-19(26)10-7-16/h1-13H,14-15H2/b22-13-. The number of carbonyl (C=O) groups excluding carboxylic acids is 2. The van der Waals surface area contributed by atoms with Crippen molar-refractivity contribution in [2.45, 2.75) is 13.2 Å². The summed E-state index contributed by atoms with van der Waals surface area (Å²) in [6.07, 6.45) is 1.72. The van der Waals surface area contributed by atoms with E-state index in [0.717, 1.165) is 32.9 Å². The monoisotopic (exact) mass is 513 g/mol. The molecule has 0 atom stereocenters. The topological polar surface area (TPSA) is 46.6 Å². The highest BCUT2D eigenvalue weighted by Gasteiger charge is 2.35. The van der Waals surface area contributed by atoms with Gasteiger partial charge in [0.25, 0.3) is 11.1 Å². The smallest absolute Gasteiger partial charge is 0.293 e. The van der Waals surface area contributed by atoms with E-state index in [-0.39, 0.29) is 17.7 Å². The molecule has 1 heterocycles. The van der Waals surface area contributed by atoms with Crippen molar-refractivity contribution in [3.63, 3.8) is 0 Å². The Morgan fingerprint density at radius 3 is 2.42 bits per heavy atom. The number of hydrogen-bond donors (Lipinski definition) is 0. The lowest BCUT2D eigenvalue weighted by atomic mass is 10.2. The molecule has 0 N–H and O–H groups in total. The third-order valence-corrected chi connectivity index (χ3v) is 6.40. The van der Waals surface area contributed by atoms with Crippen LogP contribution in [0.4, 0.5) is 4.79 Å². The number of carbonyl (C=O) groups is 2. The molecule has 3 aromatic rings. The van der Waals surface area contributed by atoms with Gasteiger partial charge in [0.15, 0.2) is 0 Å². The van der Waals surface area contributed by atoms with Crippen LogP contribution in [0.25, 0.3) is 6.08 Å². The number of halogens is 2. The number of imide groups is 1. The van der Waals surface area contributed by atoms with Gasteiger partial charge < -0.3 is 4.74 Å². The molecule has 0 aliphatic carbocycles. The summed E-state index contributed by atoms with van der Waals surface area (Å²) in [7, 11) is 0. The van der Waals surface area contributed by atoms with Crippen LogP contribution in [0, 0.1) is 0 Å². The lowest BCUT2D eigenvalue weighted by Gasteiger charge is -2.12. The predicted octanol–water partition coefficient (Wildman–Crippen LogP) is 6.92. The van der Waals surface area contributed by atoms with Crippen LogP contribution in [0.1, 0.15) is 16.7 Å². The zero-order valence-electron chi connectivity index (χ0n) is 16.3. The molecule has 0 radical (unpaired) electrons. The van der Waals surface area contributed by atoms with E-state index in [2.05, 4.69) is 15.9 Å². The maximum atomic E-state index is 12.8. The van der Waals surface area contributed by atoms with Crippen LogP contribution in [0.15, 0.2) is 82.2 Å². The van der Waals surface area contributed by atoms with E-state index in [1.165, 1.54) is 4.90 Å². The highest BCUT2D eigenvalue weighted by Crippen LogP contribution is 2.35. The van der Waals surface area contributed by atoms with Crippen molar-refractivity contribution in [3.8, 4) is 5.75 Å². The number of thioether (sulfide) groups is 1. The first kappa shape index (κ1) is 21.7. The fourth-order valence-electron chi connectivity index (χ4n) is 3.02. The van der Waals surface area contributed by atoms with Crippen LogP contribution in [0.2, 0.25) is 5.02 Å². The molecule has 0 saturated carbocycles. The summed E-state index contributed by atoms with van der Waals surface area (Å²) >= 11 is 10.4. The van der Waals surface area contributed by atoms with Crippen molar-refractivity contribution < 1.29 is 14.3 Å². The van der Waals surface area contributed by atoms with Gasteiger partial charge in [0.2, 0.25) is 0 Å². The molecule has 31 heavy (non-hydrogen) atoms. The van der Waals surface area contributed by atoms with Gasteiger partial charge in [0.1, 0.15) is 12.4 Å². The molecule has 7 heteroatoms. The van der Waals surface area contributed by atoms with Gasteiger partial charge in [-0.3, -0.25) is 14.5 Å². The molecule has 1 aliphatic heterocycles. The van der Waals surface area contributed by atoms with Crippen molar-refractivity contribution >= 4 is 56.5 Å². The highest BCUT2D eigenvalue weighted by atomic mass is 79.9. The van der Waals surface area contributed by atoms with Gasteiger partial charge in [-0.05, 0) is 74.7 Å². The minimum Gasteiger partial charge on any atom is -0.488 e. The molecular weight excluding hydrogens is 498 g/mol. The van der Waals surface area contributed by atoms with Crippen LogP contribution in [0.3, 0.4) is 0 Å². The van der Waals surface area contributed by atoms with Crippen LogP contribution < -0.4 is 4.74 Å². The SMILES string of the molecule is O=C1S/C(=C\c2ccc(OCc3ccccc3)c(Br)c2)C(=O)N1Cc1ccc(Cl)cc1. The van der Waals surface area contributed by atoms with Crippen LogP contribution in [-0.2, 0) is 17.9 Å². The Hall–Kier alpha value is -2.54. The zero-order chi connectivity index (χ0) is 21.8. The Labute approximate surface area is 198 Å². The van der Waals surface area contributed by atoms with Gasteiger partial charge in [-0.15, -0.1) is 0 Å². The zero-order valence-corrected chi connectivity index (χ0v) is 19.4. The van der Waals surface area contributed by atoms with Gasteiger partial charge >= 0.3 is 0 Å². The van der Waals surface area contributed by atoms with E-state index >= 15 is 0 Å². The Morgan fingerprint density at radius 1 is 0.968 bits per heavy atom. The summed E-state index contributed by atoms with van der Waals surface area (Å²) in [5.41, 5.74) is 2.72. The third-order valence-electron chi connectivity index (χ3n) is 4.62. The quantitative estimate of drug-likeness (QED) is 0.335. The molecule has 3 aromatic carbocycles. The van der Waals surface area contributed by atoms with Crippen LogP contribution in [-0.4, -0.2) is 16.0 Å². The fourth-order valence-corrected chi connectivity index (χ4v) is 4.49. The summed E-state index contributed by atoms with van der Waals surface area (Å²) in [5.74, 6) is 0.405. The number of hydrogen-bond acceptors (Lipinski definition) is 4. The first-order valence-corrected chi connectivity index (χ1v) is 11.4. The summed E-state index contributed by atoms with van der Waals surface area (Å²) in [5, 5.41) is 0.327. The van der Waals surface area contributed by atoms with E-state index in [0.29, 0.717) is 22.3 Å². The Kier molecular flexibility index (Phi) is 6.80. The summed E-state index contributed by atoms with van der Waals surface area (Å²) in [6.45, 7) is 0.678. The first-order chi connectivity index (χ1) is 15.0. The molecule has 1 fully saturated rings. The largest absolute Gasteiger partial charge is 0.488 e. The molecule has 0 unspecified atom stereocenters. The number of ether oxygens (including phenoxy) is 1. The average molecular weight is 515 g/mol. The third kappa shape index (κ3) is 5.39. The second kappa shape index (κ2) is 9.73. The molecule has 4 rings (SSSR count). The molecule has 156 valence electrons. The second-order valence-corrected chi connectivity index (χ2v) is 9.14. The molecular formula is C24H17BrClNO3S. The summed E-state index contributed by atoms with van der Waals surface area (Å²) in [4.78, 5) is 26.8. The number of amides is 2. The van der Waals surface area contributed by atoms with Crippen molar-refractivity contribution in [1.82, 2.24) is 4.90 Å². The van der Waals surface area contributed by atoms with Gasteiger partial charge in [0.05, 0.1) is 15.9 Å². The van der Waals surface area contributed by atoms with E-state index in [9.17, 15) is 9.59 Å². The Bertz CT molecular complexity index is 1150. The number of rotatable bonds is 6. The maximum Gasteiger partial charge on any atom is 0.293 e. The molecule has 0 spiro atoms. The second-order valence-electron chi connectivity index (χ2n) is 6.86. The minimum absolute atomic E-state index is 0.217. The van der Waals surface area contributed by atoms with Gasteiger partial charge in [-0.2, -0.15) is 0 Å². The minimum atomic E-state index is -0.300. The summed E-state index contributed by atoms with van der Waals surface area (Å²) < 4.78 is 6.64. The molecule has 4 nitrogen and oxygen atoms in total. The van der Waals surface area contributed by atoms with Gasteiger partial charge in [0, 0.05) is 5.02 Å². The molecule has 1 saturated heterocycles. The molecule has 1 aliphatic rings. The van der Waals surface area contributed by atoms with E-state index in [4.69, 9.17) is 16.3 Å². The van der Waals surface area contributed by atoms with Crippen molar-refractivity contribution in [3.05, 3.63) is 104 Å². The number of benzene rings is 3. The van der Waals surface area contributed by atoms with Crippen LogP contribution in [0.5, 0.6) is 5.75 Å². The van der Waals surface area contributed by atoms with E-state index in [1.54, 1.807) is 30.3 Å². The van der Waals surface area contributed by atoms with Gasteiger partial charge in [-0.1, -0.05) is 60.1 Å².